The van der Waals surface area contributed by atoms with Crippen LogP contribution in [0.1, 0.15) is 49.0 Å². The molecule has 0 spiro atoms. The van der Waals surface area contributed by atoms with Gasteiger partial charge in [-0.1, -0.05) is 0 Å². The van der Waals surface area contributed by atoms with E-state index < -0.39 is 5.97 Å². The van der Waals surface area contributed by atoms with Gasteiger partial charge in [0.05, 0.1) is 5.56 Å². The molecule has 2 atom stereocenters. The van der Waals surface area contributed by atoms with Crippen molar-refractivity contribution in [2.75, 3.05) is 0 Å². The van der Waals surface area contributed by atoms with Gasteiger partial charge < -0.3 is 10.0 Å². The van der Waals surface area contributed by atoms with Crippen LogP contribution in [0.25, 0.3) is 6.08 Å². The molecule has 1 aromatic heterocycles. The van der Waals surface area contributed by atoms with Crippen molar-refractivity contribution in [3.05, 3.63) is 35.7 Å². The van der Waals surface area contributed by atoms with Crippen molar-refractivity contribution in [2.24, 2.45) is 0 Å². The molecule has 0 bridgehead atoms. The second-order valence-corrected chi connectivity index (χ2v) is 5.52. The van der Waals surface area contributed by atoms with E-state index in [1.54, 1.807) is 12.3 Å². The average molecular weight is 288 g/mol. The summed E-state index contributed by atoms with van der Waals surface area (Å²) in [5.74, 6) is -1.06. The monoisotopic (exact) mass is 288 g/mol. The highest BCUT2D eigenvalue weighted by Gasteiger charge is 2.29. The van der Waals surface area contributed by atoms with Crippen LogP contribution in [0.4, 0.5) is 0 Å². The zero-order valence-electron chi connectivity index (χ0n) is 12.3. The number of rotatable bonds is 3. The predicted octanol–water partition coefficient (Wildman–Crippen LogP) is 2.58. The number of likely N-dealkylation sites (tertiary alicyclic amines) is 1. The maximum absolute atomic E-state index is 12.7. The van der Waals surface area contributed by atoms with Gasteiger partial charge in [0.15, 0.2) is 0 Å². The molecule has 0 aromatic carbocycles. The van der Waals surface area contributed by atoms with Crippen molar-refractivity contribution in [3.63, 3.8) is 0 Å². The summed E-state index contributed by atoms with van der Waals surface area (Å²) in [5, 5.41) is 8.64. The minimum atomic E-state index is -1.02. The van der Waals surface area contributed by atoms with Crippen molar-refractivity contribution < 1.29 is 14.7 Å². The van der Waals surface area contributed by atoms with Gasteiger partial charge in [0, 0.05) is 30.6 Å². The first-order valence-corrected chi connectivity index (χ1v) is 7.17. The lowest BCUT2D eigenvalue weighted by atomic mass is 9.96. The minimum Gasteiger partial charge on any atom is -0.478 e. The quantitative estimate of drug-likeness (QED) is 0.868. The van der Waals surface area contributed by atoms with Gasteiger partial charge >= 0.3 is 5.97 Å². The summed E-state index contributed by atoms with van der Waals surface area (Å²) in [5.41, 5.74) is 1.11. The molecule has 5 nitrogen and oxygen atoms in total. The zero-order chi connectivity index (χ0) is 15.4. The summed E-state index contributed by atoms with van der Waals surface area (Å²) in [6, 6.07) is 2.13. The SMILES string of the molecule is CC1CCCC(C)N1C(=O)c1cncc(C=CC(=O)O)c1. The van der Waals surface area contributed by atoms with Crippen LogP contribution < -0.4 is 0 Å². The normalized spacial score (nSPS) is 22.5. The highest BCUT2D eigenvalue weighted by molar-refractivity contribution is 5.95. The van der Waals surface area contributed by atoms with E-state index in [4.69, 9.17) is 5.11 Å². The topological polar surface area (TPSA) is 70.5 Å². The van der Waals surface area contributed by atoms with Crippen LogP contribution in [-0.2, 0) is 4.79 Å². The summed E-state index contributed by atoms with van der Waals surface area (Å²) in [6.45, 7) is 4.13. The van der Waals surface area contributed by atoms with E-state index in [0.29, 0.717) is 11.1 Å². The van der Waals surface area contributed by atoms with Gasteiger partial charge in [-0.2, -0.15) is 0 Å². The molecular weight excluding hydrogens is 268 g/mol. The Morgan fingerprint density at radius 3 is 2.57 bits per heavy atom. The van der Waals surface area contributed by atoms with Gasteiger partial charge in [0.1, 0.15) is 0 Å². The number of hydrogen-bond donors (Lipinski definition) is 1. The number of piperidine rings is 1. The van der Waals surface area contributed by atoms with Crippen LogP contribution in [-0.4, -0.2) is 39.0 Å². The fraction of sp³-hybridized carbons (Fsp3) is 0.438. The van der Waals surface area contributed by atoms with Crippen molar-refractivity contribution >= 4 is 18.0 Å². The third-order valence-corrected chi connectivity index (χ3v) is 3.85. The zero-order valence-corrected chi connectivity index (χ0v) is 12.3. The Labute approximate surface area is 124 Å². The van der Waals surface area contributed by atoms with Crippen LogP contribution in [0, 0.1) is 0 Å². The number of aromatic nitrogens is 1. The first kappa shape index (κ1) is 15.2. The van der Waals surface area contributed by atoms with Crippen molar-refractivity contribution in [1.29, 1.82) is 0 Å². The Morgan fingerprint density at radius 1 is 1.29 bits per heavy atom. The Bertz CT molecular complexity index is 558. The molecule has 1 N–H and O–H groups in total. The average Bonchev–Trinajstić information content (AvgIpc) is 2.45. The molecule has 1 amide bonds. The number of nitrogens with zero attached hydrogens (tertiary/aromatic N) is 2. The van der Waals surface area contributed by atoms with E-state index in [1.807, 2.05) is 4.90 Å². The molecule has 2 heterocycles. The first-order chi connectivity index (χ1) is 9.99. The van der Waals surface area contributed by atoms with Gasteiger partial charge in [-0.25, -0.2) is 4.79 Å². The summed E-state index contributed by atoms with van der Waals surface area (Å²) < 4.78 is 0. The van der Waals surface area contributed by atoms with E-state index >= 15 is 0 Å². The highest BCUT2D eigenvalue weighted by Crippen LogP contribution is 2.24. The van der Waals surface area contributed by atoms with Gasteiger partial charge in [-0.15, -0.1) is 0 Å². The Kier molecular flexibility index (Phi) is 4.73. The van der Waals surface area contributed by atoms with Gasteiger partial charge in [-0.05, 0) is 50.8 Å². The molecule has 1 fully saturated rings. The second-order valence-electron chi connectivity index (χ2n) is 5.52. The lowest BCUT2D eigenvalue weighted by molar-refractivity contribution is -0.131. The van der Waals surface area contributed by atoms with Gasteiger partial charge in [0.25, 0.3) is 5.91 Å². The third-order valence-electron chi connectivity index (χ3n) is 3.85. The Balaban J connectivity index is 2.22. The number of carboxylic acid groups (broad SMARTS) is 1. The molecule has 112 valence electrons. The van der Waals surface area contributed by atoms with E-state index in [-0.39, 0.29) is 18.0 Å². The van der Waals surface area contributed by atoms with E-state index in [1.165, 1.54) is 12.3 Å². The fourth-order valence-electron chi connectivity index (χ4n) is 2.80. The van der Waals surface area contributed by atoms with E-state index in [9.17, 15) is 9.59 Å². The maximum atomic E-state index is 12.7. The number of carbonyl (C=O) groups is 2. The smallest absolute Gasteiger partial charge is 0.328 e. The van der Waals surface area contributed by atoms with Crippen molar-refractivity contribution in [1.82, 2.24) is 9.88 Å². The highest BCUT2D eigenvalue weighted by atomic mass is 16.4. The molecule has 1 aromatic rings. The molecular formula is C16H20N2O3. The van der Waals surface area contributed by atoms with Crippen LogP contribution in [0.2, 0.25) is 0 Å². The molecule has 0 radical (unpaired) electrons. The molecule has 0 aliphatic carbocycles. The Hall–Kier alpha value is -2.17. The van der Waals surface area contributed by atoms with Gasteiger partial charge in [0.2, 0.25) is 0 Å². The summed E-state index contributed by atoms with van der Waals surface area (Å²) in [7, 11) is 0. The molecule has 1 saturated heterocycles. The largest absolute Gasteiger partial charge is 0.478 e. The lowest BCUT2D eigenvalue weighted by Gasteiger charge is -2.39. The van der Waals surface area contributed by atoms with E-state index in [0.717, 1.165) is 25.3 Å². The number of aliphatic carboxylic acids is 1. The van der Waals surface area contributed by atoms with Gasteiger partial charge in [-0.3, -0.25) is 9.78 Å². The molecule has 2 unspecified atom stereocenters. The van der Waals surface area contributed by atoms with Crippen molar-refractivity contribution in [3.8, 4) is 0 Å². The molecule has 21 heavy (non-hydrogen) atoms. The van der Waals surface area contributed by atoms with Crippen LogP contribution in [0.15, 0.2) is 24.5 Å². The molecule has 1 aliphatic rings. The third kappa shape index (κ3) is 3.68. The van der Waals surface area contributed by atoms with Crippen molar-refractivity contribution in [2.45, 2.75) is 45.2 Å². The second kappa shape index (κ2) is 6.52. The molecule has 0 saturated carbocycles. The standard InChI is InChI=1S/C16H20N2O3/c1-11-4-3-5-12(2)18(11)16(21)14-8-13(9-17-10-14)6-7-15(19)20/h6-12H,3-5H2,1-2H3,(H,19,20). The number of carbonyl (C=O) groups excluding carboxylic acids is 1. The first-order valence-electron chi connectivity index (χ1n) is 7.17. The van der Waals surface area contributed by atoms with E-state index in [2.05, 4.69) is 18.8 Å². The predicted molar refractivity (Wildman–Crippen MR) is 79.9 cm³/mol. The number of amides is 1. The summed E-state index contributed by atoms with van der Waals surface area (Å²) >= 11 is 0. The number of pyridine rings is 1. The number of hydrogen-bond acceptors (Lipinski definition) is 3. The Morgan fingerprint density at radius 2 is 1.95 bits per heavy atom. The van der Waals surface area contributed by atoms with Crippen LogP contribution in [0.3, 0.4) is 0 Å². The van der Waals surface area contributed by atoms with Crippen LogP contribution in [0.5, 0.6) is 0 Å². The minimum absolute atomic E-state index is 0.0345. The molecule has 5 heteroatoms. The molecule has 1 aliphatic heterocycles. The lowest BCUT2D eigenvalue weighted by Crippen LogP contribution is -2.47. The summed E-state index contributed by atoms with van der Waals surface area (Å²) in [6.07, 6.45) is 8.73. The van der Waals surface area contributed by atoms with Crippen LogP contribution >= 0.6 is 0 Å². The fourth-order valence-corrected chi connectivity index (χ4v) is 2.80. The number of carboxylic acids is 1. The molecule has 2 rings (SSSR count). The maximum Gasteiger partial charge on any atom is 0.328 e. The summed E-state index contributed by atoms with van der Waals surface area (Å²) in [4.78, 5) is 29.1.